The van der Waals surface area contributed by atoms with Crippen LogP contribution < -0.4 is 4.90 Å². The van der Waals surface area contributed by atoms with E-state index in [1.807, 2.05) is 4.90 Å². The molecule has 1 aromatic carbocycles. The van der Waals surface area contributed by atoms with Crippen LogP contribution >= 0.6 is 0 Å². The van der Waals surface area contributed by atoms with E-state index in [0.29, 0.717) is 63.4 Å². The molecule has 3 atom stereocenters. The number of rotatable bonds is 5. The number of benzene rings is 1. The van der Waals surface area contributed by atoms with E-state index in [4.69, 9.17) is 4.74 Å². The van der Waals surface area contributed by atoms with Crippen molar-refractivity contribution in [3.63, 3.8) is 0 Å². The minimum atomic E-state index is -4.61. The van der Waals surface area contributed by atoms with Gasteiger partial charge < -0.3 is 14.5 Å². The number of carbonyl (C=O) groups is 1. The highest BCUT2D eigenvalue weighted by atomic mass is 19.4. The largest absolute Gasteiger partial charge is 0.416 e. The van der Waals surface area contributed by atoms with Crippen LogP contribution in [0, 0.1) is 11.7 Å². The second kappa shape index (κ2) is 10.6. The lowest BCUT2D eigenvalue weighted by Crippen LogP contribution is -2.62. The quantitative estimate of drug-likeness (QED) is 0.523. The lowest BCUT2D eigenvalue weighted by atomic mass is 9.85. The minimum Gasteiger partial charge on any atom is -0.368 e. The van der Waals surface area contributed by atoms with Crippen LogP contribution in [0.1, 0.15) is 52.0 Å². The maximum Gasteiger partial charge on any atom is 0.416 e. The fourth-order valence-electron chi connectivity index (χ4n) is 6.74. The van der Waals surface area contributed by atoms with Crippen molar-refractivity contribution in [3.05, 3.63) is 29.6 Å². The predicted molar refractivity (Wildman–Crippen MR) is 138 cm³/mol. The van der Waals surface area contributed by atoms with E-state index < -0.39 is 23.2 Å². The highest BCUT2D eigenvalue weighted by Gasteiger charge is 2.56. The summed E-state index contributed by atoms with van der Waals surface area (Å²) in [7, 11) is 0. The predicted octanol–water partition coefficient (Wildman–Crippen LogP) is 4.24. The fourth-order valence-corrected chi connectivity index (χ4v) is 6.74. The summed E-state index contributed by atoms with van der Waals surface area (Å²) in [6.45, 7) is 11.9. The van der Waals surface area contributed by atoms with Gasteiger partial charge in [-0.15, -0.1) is 0 Å². The van der Waals surface area contributed by atoms with Gasteiger partial charge in [0.05, 0.1) is 12.2 Å². The third kappa shape index (κ3) is 5.54. The highest BCUT2D eigenvalue weighted by Crippen LogP contribution is 2.48. The van der Waals surface area contributed by atoms with E-state index in [0.717, 1.165) is 51.0 Å². The van der Waals surface area contributed by atoms with Gasteiger partial charge in [-0.1, -0.05) is 0 Å². The Bertz CT molecular complexity index is 999. The van der Waals surface area contributed by atoms with Crippen molar-refractivity contribution in [2.45, 2.75) is 76.4 Å². The molecule has 0 aromatic heterocycles. The molecule has 3 aliphatic heterocycles. The maximum atomic E-state index is 13.9. The van der Waals surface area contributed by atoms with Gasteiger partial charge in [-0.05, 0) is 70.6 Å². The van der Waals surface area contributed by atoms with Crippen LogP contribution in [0.3, 0.4) is 0 Å². The first-order chi connectivity index (χ1) is 18.0. The van der Waals surface area contributed by atoms with Crippen LogP contribution in [0.2, 0.25) is 0 Å². The summed E-state index contributed by atoms with van der Waals surface area (Å²) >= 11 is 0. The summed E-state index contributed by atoms with van der Waals surface area (Å²) in [6.07, 6.45) is -0.991. The topological polar surface area (TPSA) is 39.3 Å². The Morgan fingerprint density at radius 1 is 1.03 bits per heavy atom. The molecule has 4 fully saturated rings. The van der Waals surface area contributed by atoms with Crippen molar-refractivity contribution < 1.29 is 27.1 Å². The van der Waals surface area contributed by atoms with Crippen LogP contribution in [0.5, 0.6) is 0 Å². The Labute approximate surface area is 222 Å². The van der Waals surface area contributed by atoms with Gasteiger partial charge >= 0.3 is 6.18 Å². The van der Waals surface area contributed by atoms with Crippen LogP contribution in [-0.4, -0.2) is 96.8 Å². The summed E-state index contributed by atoms with van der Waals surface area (Å²) in [5, 5.41) is 0. The molecule has 1 aliphatic carbocycles. The molecule has 4 aliphatic rings. The van der Waals surface area contributed by atoms with Crippen LogP contribution in [0.4, 0.5) is 23.2 Å². The zero-order valence-electron chi connectivity index (χ0n) is 22.6. The second-order valence-electron chi connectivity index (χ2n) is 11.8. The summed E-state index contributed by atoms with van der Waals surface area (Å²) in [4.78, 5) is 22.4. The highest BCUT2D eigenvalue weighted by molar-refractivity contribution is 5.86. The molecule has 0 N–H and O–H groups in total. The van der Waals surface area contributed by atoms with Crippen molar-refractivity contribution in [3.8, 4) is 0 Å². The molecule has 212 valence electrons. The number of piperazine rings is 2. The van der Waals surface area contributed by atoms with Crippen LogP contribution in [-0.2, 0) is 15.7 Å². The first-order valence-corrected chi connectivity index (χ1v) is 14.0. The Morgan fingerprint density at radius 3 is 2.29 bits per heavy atom. The summed E-state index contributed by atoms with van der Waals surface area (Å²) in [6, 6.07) is 3.97. The molecule has 1 saturated carbocycles. The first-order valence-electron chi connectivity index (χ1n) is 14.0. The molecule has 38 heavy (non-hydrogen) atoms. The first kappa shape index (κ1) is 27.6. The van der Waals surface area contributed by atoms with Gasteiger partial charge in [0.15, 0.2) is 0 Å². The number of hydrogen-bond acceptors (Lipinski definition) is 5. The average Bonchev–Trinajstić information content (AvgIpc) is 3.73. The molecule has 3 heterocycles. The molecule has 6 nitrogen and oxygen atoms in total. The van der Waals surface area contributed by atoms with E-state index in [2.05, 4.69) is 30.6 Å². The van der Waals surface area contributed by atoms with Gasteiger partial charge in [-0.2, -0.15) is 13.2 Å². The number of ether oxygens (including phenoxy) is 1. The van der Waals surface area contributed by atoms with Crippen LogP contribution in [0.15, 0.2) is 18.2 Å². The van der Waals surface area contributed by atoms with E-state index in [9.17, 15) is 22.4 Å². The van der Waals surface area contributed by atoms with Crippen molar-refractivity contribution >= 4 is 11.6 Å². The molecular formula is C28H40F4N4O2. The Balaban J connectivity index is 1.20. The van der Waals surface area contributed by atoms with Crippen molar-refractivity contribution in [1.29, 1.82) is 0 Å². The Hall–Kier alpha value is -1.91. The van der Waals surface area contributed by atoms with Crippen molar-refractivity contribution in [2.24, 2.45) is 5.92 Å². The number of carbonyl (C=O) groups excluding carboxylic acids is 1. The smallest absolute Gasteiger partial charge is 0.368 e. The minimum absolute atomic E-state index is 0.0197. The third-order valence-electron chi connectivity index (χ3n) is 9.01. The van der Waals surface area contributed by atoms with E-state index >= 15 is 0 Å². The van der Waals surface area contributed by atoms with Gasteiger partial charge in [-0.3, -0.25) is 14.6 Å². The maximum absolute atomic E-state index is 13.9. The Morgan fingerprint density at radius 2 is 1.74 bits per heavy atom. The Kier molecular flexibility index (Phi) is 7.70. The number of hydrogen-bond donors (Lipinski definition) is 0. The summed E-state index contributed by atoms with van der Waals surface area (Å²) < 4.78 is 60.0. The molecule has 0 spiro atoms. The molecule has 5 rings (SSSR count). The van der Waals surface area contributed by atoms with Gasteiger partial charge in [-0.25, -0.2) is 4.39 Å². The number of nitrogens with zero attached hydrogens (tertiary/aromatic N) is 4. The summed E-state index contributed by atoms with van der Waals surface area (Å²) in [5.41, 5.74) is -1.58. The van der Waals surface area contributed by atoms with Gasteiger partial charge in [0.2, 0.25) is 0 Å². The van der Waals surface area contributed by atoms with Gasteiger partial charge in [0, 0.05) is 69.6 Å². The fraction of sp³-hybridized carbons (Fsp3) is 0.750. The molecule has 0 radical (unpaired) electrons. The molecule has 0 unspecified atom stereocenters. The zero-order valence-corrected chi connectivity index (χ0v) is 22.6. The summed E-state index contributed by atoms with van der Waals surface area (Å²) in [5.74, 6) is -0.652. The van der Waals surface area contributed by atoms with Crippen LogP contribution in [0.25, 0.3) is 0 Å². The lowest BCUT2D eigenvalue weighted by Gasteiger charge is -2.49. The third-order valence-corrected chi connectivity index (χ3v) is 9.01. The molecular weight excluding hydrogens is 500 g/mol. The van der Waals surface area contributed by atoms with Crippen molar-refractivity contribution in [1.82, 2.24) is 14.7 Å². The molecule has 10 heteroatoms. The van der Waals surface area contributed by atoms with E-state index in [1.54, 1.807) is 4.90 Å². The zero-order chi connectivity index (χ0) is 27.2. The number of anilines is 1. The standard InChI is InChI=1S/C28H40F4N4O2/c1-19(2)36-13-12-35(17-20(36)3)24-6-7-27(38-18-24,21-4-5-21)26(37)34-10-8-33(9-11-34)25-15-22(28(30,31)32)14-23(29)16-25/h14-16,19-21,24H,4-13,17-18H2,1-3H3/t20-,24+,27-/m0/s1. The SMILES string of the molecule is CC(C)N1CCN([C@@H]2CC[C@@](C(=O)N3CCN(c4cc(F)cc(C(F)(F)F)c4)CC3)(C3CC3)OC2)C[C@@H]1C. The number of alkyl halides is 3. The molecule has 3 saturated heterocycles. The molecule has 1 amide bonds. The average molecular weight is 541 g/mol. The number of halogens is 4. The monoisotopic (exact) mass is 540 g/mol. The van der Waals surface area contributed by atoms with Gasteiger partial charge in [0.25, 0.3) is 5.91 Å². The second-order valence-corrected chi connectivity index (χ2v) is 11.8. The molecule has 1 aromatic rings. The lowest BCUT2D eigenvalue weighted by molar-refractivity contribution is -0.177. The molecule has 0 bridgehead atoms. The van der Waals surface area contributed by atoms with E-state index in [-0.39, 0.29) is 17.5 Å². The number of amides is 1. The van der Waals surface area contributed by atoms with E-state index in [1.165, 1.54) is 0 Å². The normalized spacial score (nSPS) is 30.2. The van der Waals surface area contributed by atoms with Gasteiger partial charge in [0.1, 0.15) is 11.4 Å². The van der Waals surface area contributed by atoms with Crippen molar-refractivity contribution in [2.75, 3.05) is 57.3 Å².